The highest BCUT2D eigenvalue weighted by Crippen LogP contribution is 2.45. The number of hydrogen-bond donors (Lipinski definition) is 0. The molecule has 2 aliphatic carbocycles. The fraction of sp³-hybridized carbons (Fsp3) is 0.455. The third-order valence-corrected chi connectivity index (χ3v) is 6.32. The van der Waals surface area contributed by atoms with Crippen molar-refractivity contribution in [3.63, 3.8) is 0 Å². The monoisotopic (exact) mass is 372 g/mol. The lowest BCUT2D eigenvalue weighted by Crippen LogP contribution is -2.16. The topological polar surface area (TPSA) is 43.4 Å². The molecule has 2 aliphatic rings. The van der Waals surface area contributed by atoms with E-state index in [9.17, 15) is 9.59 Å². The maximum atomic E-state index is 12.5. The van der Waals surface area contributed by atoms with Gasteiger partial charge in [0, 0.05) is 22.6 Å². The van der Waals surface area contributed by atoms with E-state index in [0.29, 0.717) is 28.9 Å². The third-order valence-electron chi connectivity index (χ3n) is 5.95. The van der Waals surface area contributed by atoms with Crippen LogP contribution in [0.1, 0.15) is 45.1 Å². The van der Waals surface area contributed by atoms with E-state index in [1.54, 1.807) is 6.07 Å². The molecule has 0 saturated heterocycles. The van der Waals surface area contributed by atoms with E-state index < -0.39 is 0 Å². The maximum Gasteiger partial charge on any atom is 0.334 e. The van der Waals surface area contributed by atoms with Crippen molar-refractivity contribution in [2.75, 3.05) is 0 Å². The number of fused-ring (bicyclic) bond motifs is 1. The lowest BCUT2D eigenvalue weighted by atomic mass is 9.86. The number of esters is 1. The summed E-state index contributed by atoms with van der Waals surface area (Å²) < 4.78 is 5.44. The van der Waals surface area contributed by atoms with Crippen molar-refractivity contribution >= 4 is 23.4 Å². The first-order valence-corrected chi connectivity index (χ1v) is 9.58. The van der Waals surface area contributed by atoms with Crippen LogP contribution in [-0.4, -0.2) is 11.8 Å². The first-order valence-electron chi connectivity index (χ1n) is 9.20. The average molecular weight is 373 g/mol. The molecule has 0 aliphatic heterocycles. The maximum absolute atomic E-state index is 12.5. The van der Waals surface area contributed by atoms with Crippen LogP contribution in [0, 0.1) is 17.8 Å². The summed E-state index contributed by atoms with van der Waals surface area (Å²) in [6, 6.07) is 7.32. The molecule has 26 heavy (non-hydrogen) atoms. The van der Waals surface area contributed by atoms with Gasteiger partial charge in [0.25, 0.3) is 0 Å². The van der Waals surface area contributed by atoms with Gasteiger partial charge in [0.2, 0.25) is 0 Å². The average Bonchev–Trinajstić information content (AvgIpc) is 2.81. The van der Waals surface area contributed by atoms with Crippen molar-refractivity contribution in [3.05, 3.63) is 58.1 Å². The summed E-state index contributed by atoms with van der Waals surface area (Å²) in [5, 5.41) is 0.585. The molecule has 1 aromatic carbocycles. The van der Waals surface area contributed by atoms with Gasteiger partial charge in [0.05, 0.1) is 0 Å². The molecule has 0 bridgehead atoms. The number of halogens is 1. The predicted octanol–water partition coefficient (Wildman–Crippen LogP) is 5.28. The lowest BCUT2D eigenvalue weighted by Gasteiger charge is -2.19. The molecule has 0 N–H and O–H groups in total. The summed E-state index contributed by atoms with van der Waals surface area (Å²) in [6.07, 6.45) is 3.27. The summed E-state index contributed by atoms with van der Waals surface area (Å²) in [4.78, 5) is 24.6. The van der Waals surface area contributed by atoms with E-state index >= 15 is 0 Å². The summed E-state index contributed by atoms with van der Waals surface area (Å²) in [7, 11) is 0. The molecule has 1 fully saturated rings. The number of hydrogen-bond acceptors (Lipinski definition) is 3. The highest BCUT2D eigenvalue weighted by atomic mass is 35.5. The number of Topliss-reactive ketones (excluding diaryl/α,β-unsaturated/α-hetero) is 1. The molecule has 1 saturated carbocycles. The van der Waals surface area contributed by atoms with Crippen LogP contribution in [0.15, 0.2) is 47.6 Å². The van der Waals surface area contributed by atoms with Gasteiger partial charge < -0.3 is 4.74 Å². The van der Waals surface area contributed by atoms with Gasteiger partial charge in [0.15, 0.2) is 5.78 Å². The van der Waals surface area contributed by atoms with Gasteiger partial charge in [-0.15, -0.1) is 0 Å². The van der Waals surface area contributed by atoms with Crippen LogP contribution in [0.2, 0.25) is 5.02 Å². The molecule has 0 aromatic heterocycles. The Kier molecular flexibility index (Phi) is 5.67. The minimum Gasteiger partial charge on any atom is -0.457 e. The van der Waals surface area contributed by atoms with Gasteiger partial charge in [-0.1, -0.05) is 48.9 Å². The Morgan fingerprint density at radius 2 is 2.00 bits per heavy atom. The van der Waals surface area contributed by atoms with Crippen LogP contribution < -0.4 is 0 Å². The minimum absolute atomic E-state index is 0.0389. The number of carbonyl (C=O) groups excluding carboxylic acids is 2. The van der Waals surface area contributed by atoms with Crippen molar-refractivity contribution in [2.24, 2.45) is 17.8 Å². The first-order chi connectivity index (χ1) is 12.4. The van der Waals surface area contributed by atoms with E-state index in [-0.39, 0.29) is 24.3 Å². The largest absolute Gasteiger partial charge is 0.457 e. The van der Waals surface area contributed by atoms with E-state index in [2.05, 4.69) is 13.5 Å². The second-order valence-corrected chi connectivity index (χ2v) is 7.94. The molecule has 0 spiro atoms. The number of carbonyl (C=O) groups is 2. The van der Waals surface area contributed by atoms with E-state index in [0.717, 1.165) is 30.4 Å². The quantitative estimate of drug-likeness (QED) is 0.533. The van der Waals surface area contributed by atoms with Crippen molar-refractivity contribution in [2.45, 2.75) is 46.1 Å². The predicted molar refractivity (Wildman–Crippen MR) is 103 cm³/mol. The van der Waals surface area contributed by atoms with E-state index in [1.165, 1.54) is 5.57 Å². The zero-order valence-electron chi connectivity index (χ0n) is 15.4. The van der Waals surface area contributed by atoms with Crippen LogP contribution in [-0.2, 0) is 20.9 Å². The number of allylic oxidation sites excluding steroid dienone is 2. The Bertz CT molecular complexity index is 777. The standard InChI is InChI=1S/C22H25ClO3/c1-13-8-9-16(10-19-15(3)21(24)11-18(13)19)14(2)22(25)26-12-17-6-4-5-7-20(17)23/h4-7,13,16,18H,2,8-12H2,1,3H3/t13?,16-,18-/m0/s1. The fourth-order valence-electron chi connectivity index (χ4n) is 4.13. The second-order valence-electron chi connectivity index (χ2n) is 7.53. The van der Waals surface area contributed by atoms with Crippen LogP contribution in [0.4, 0.5) is 0 Å². The third kappa shape index (κ3) is 3.78. The molecule has 1 unspecified atom stereocenters. The number of rotatable bonds is 4. The molecular formula is C22H25ClO3. The molecule has 0 heterocycles. The molecular weight excluding hydrogens is 348 g/mol. The summed E-state index contributed by atoms with van der Waals surface area (Å²) in [6.45, 7) is 8.29. The van der Waals surface area contributed by atoms with Crippen molar-refractivity contribution in [1.29, 1.82) is 0 Å². The Morgan fingerprint density at radius 1 is 1.27 bits per heavy atom. The van der Waals surface area contributed by atoms with E-state index in [1.807, 2.05) is 25.1 Å². The highest BCUT2D eigenvalue weighted by molar-refractivity contribution is 6.31. The lowest BCUT2D eigenvalue weighted by molar-refractivity contribution is -0.141. The molecule has 4 heteroatoms. The Labute approximate surface area is 160 Å². The van der Waals surface area contributed by atoms with Crippen molar-refractivity contribution < 1.29 is 14.3 Å². The minimum atomic E-state index is -0.372. The van der Waals surface area contributed by atoms with Gasteiger partial charge in [-0.2, -0.15) is 0 Å². The molecule has 3 rings (SSSR count). The van der Waals surface area contributed by atoms with Crippen LogP contribution in [0.5, 0.6) is 0 Å². The smallest absolute Gasteiger partial charge is 0.334 e. The molecule has 3 atom stereocenters. The number of ketones is 1. The zero-order valence-corrected chi connectivity index (χ0v) is 16.1. The van der Waals surface area contributed by atoms with Gasteiger partial charge >= 0.3 is 5.97 Å². The SMILES string of the molecule is C=C(C(=O)OCc1ccccc1Cl)[C@H]1CCC(C)[C@@H]2CC(=O)C(C)=C2C1. The van der Waals surface area contributed by atoms with E-state index in [4.69, 9.17) is 16.3 Å². The fourth-order valence-corrected chi connectivity index (χ4v) is 4.32. The number of ether oxygens (including phenoxy) is 1. The normalized spacial score (nSPS) is 25.7. The Hall–Kier alpha value is -1.87. The van der Waals surface area contributed by atoms with Gasteiger partial charge in [-0.3, -0.25) is 4.79 Å². The van der Waals surface area contributed by atoms with Crippen LogP contribution in [0.3, 0.4) is 0 Å². The van der Waals surface area contributed by atoms with Crippen LogP contribution in [0.25, 0.3) is 0 Å². The van der Waals surface area contributed by atoms with Gasteiger partial charge in [-0.05, 0) is 55.6 Å². The Morgan fingerprint density at radius 3 is 2.73 bits per heavy atom. The van der Waals surface area contributed by atoms with Gasteiger partial charge in [0.1, 0.15) is 6.61 Å². The van der Waals surface area contributed by atoms with Crippen molar-refractivity contribution in [3.8, 4) is 0 Å². The molecule has 0 amide bonds. The molecule has 1 aromatic rings. The summed E-state index contributed by atoms with van der Waals surface area (Å²) in [5.41, 5.74) is 3.41. The van der Waals surface area contributed by atoms with Crippen molar-refractivity contribution in [1.82, 2.24) is 0 Å². The zero-order chi connectivity index (χ0) is 18.8. The summed E-state index contributed by atoms with van der Waals surface area (Å²) in [5.74, 6) is 0.716. The second kappa shape index (κ2) is 7.79. The highest BCUT2D eigenvalue weighted by Gasteiger charge is 2.38. The first kappa shape index (κ1) is 18.9. The Balaban J connectivity index is 1.68. The number of benzene rings is 1. The summed E-state index contributed by atoms with van der Waals surface area (Å²) >= 11 is 6.11. The van der Waals surface area contributed by atoms with Crippen LogP contribution >= 0.6 is 11.6 Å². The molecule has 3 nitrogen and oxygen atoms in total. The molecule has 138 valence electrons. The molecule has 0 radical (unpaired) electrons. The van der Waals surface area contributed by atoms with Gasteiger partial charge in [-0.25, -0.2) is 4.79 Å².